The van der Waals surface area contributed by atoms with Gasteiger partial charge in [-0.2, -0.15) is 0 Å². The molecule has 1 aromatic carbocycles. The first kappa shape index (κ1) is 14.6. The maximum Gasteiger partial charge on any atom is 0.303 e. The van der Waals surface area contributed by atoms with Gasteiger partial charge in [-0.1, -0.05) is 0 Å². The molecule has 0 aliphatic rings. The zero-order valence-corrected chi connectivity index (χ0v) is 10.9. The number of halogens is 1. The monoisotopic (exact) mass is 293 g/mol. The summed E-state index contributed by atoms with van der Waals surface area (Å²) in [4.78, 5) is 24.7. The molecule has 0 aliphatic heterocycles. The van der Waals surface area contributed by atoms with E-state index in [1.54, 1.807) is 0 Å². The highest BCUT2D eigenvalue weighted by Gasteiger charge is 2.19. The molecule has 0 amide bonds. The Bertz CT molecular complexity index is 705. The zero-order valence-electron chi connectivity index (χ0n) is 10.9. The lowest BCUT2D eigenvalue weighted by atomic mass is 10.1. The topological polar surface area (TPSA) is 105 Å². The molecule has 21 heavy (non-hydrogen) atoms. The first-order valence-electron chi connectivity index (χ1n) is 6.18. The number of pyridine rings is 1. The number of hydrogen-bond donors (Lipinski definition) is 2. The van der Waals surface area contributed by atoms with Crippen LogP contribution in [0.5, 0.6) is 0 Å². The maximum atomic E-state index is 14.0. The van der Waals surface area contributed by atoms with E-state index in [1.807, 2.05) is 0 Å². The van der Waals surface area contributed by atoms with Crippen molar-refractivity contribution in [2.24, 2.45) is 0 Å². The van der Waals surface area contributed by atoms with E-state index in [0.29, 0.717) is 6.42 Å². The van der Waals surface area contributed by atoms with Crippen molar-refractivity contribution in [2.75, 3.05) is 11.9 Å². The minimum Gasteiger partial charge on any atom is -0.481 e. The van der Waals surface area contributed by atoms with E-state index in [9.17, 15) is 19.3 Å². The van der Waals surface area contributed by atoms with E-state index in [4.69, 9.17) is 5.11 Å². The van der Waals surface area contributed by atoms with Crippen molar-refractivity contribution in [2.45, 2.75) is 12.8 Å². The number of carboxylic acids is 1. The molecule has 1 aromatic heterocycles. The Labute approximate surface area is 118 Å². The fourth-order valence-corrected chi connectivity index (χ4v) is 1.97. The van der Waals surface area contributed by atoms with Crippen LogP contribution in [0.1, 0.15) is 12.8 Å². The number of benzene rings is 1. The second kappa shape index (κ2) is 6.12. The minimum absolute atomic E-state index is 0.0431. The first-order chi connectivity index (χ1) is 10.0. The zero-order chi connectivity index (χ0) is 15.4. The van der Waals surface area contributed by atoms with E-state index < -0.39 is 16.7 Å². The summed E-state index contributed by atoms with van der Waals surface area (Å²) in [5.74, 6) is -1.73. The van der Waals surface area contributed by atoms with Gasteiger partial charge in [0.1, 0.15) is 5.52 Å². The lowest BCUT2D eigenvalue weighted by Gasteiger charge is -2.10. The highest BCUT2D eigenvalue weighted by molar-refractivity contribution is 5.97. The largest absolute Gasteiger partial charge is 0.481 e. The van der Waals surface area contributed by atoms with Gasteiger partial charge >= 0.3 is 5.97 Å². The molecule has 0 aliphatic carbocycles. The Morgan fingerprint density at radius 2 is 2.29 bits per heavy atom. The van der Waals surface area contributed by atoms with Gasteiger partial charge in [-0.05, 0) is 18.6 Å². The third-order valence-corrected chi connectivity index (χ3v) is 2.89. The fourth-order valence-electron chi connectivity index (χ4n) is 1.97. The number of nitro groups is 1. The summed E-state index contributed by atoms with van der Waals surface area (Å²) in [7, 11) is 0. The number of nitro benzene ring substituents is 1. The van der Waals surface area contributed by atoms with Gasteiger partial charge in [0.25, 0.3) is 5.69 Å². The lowest BCUT2D eigenvalue weighted by molar-refractivity contribution is -0.383. The number of aromatic nitrogens is 1. The van der Waals surface area contributed by atoms with E-state index in [0.717, 1.165) is 6.07 Å². The molecule has 0 bridgehead atoms. The molecule has 0 atom stereocenters. The number of anilines is 1. The van der Waals surface area contributed by atoms with E-state index in [-0.39, 0.29) is 35.2 Å². The van der Waals surface area contributed by atoms with Gasteiger partial charge in [-0.3, -0.25) is 19.9 Å². The summed E-state index contributed by atoms with van der Waals surface area (Å²) in [6, 6.07) is 3.85. The average molecular weight is 293 g/mol. The van der Waals surface area contributed by atoms with Crippen LogP contribution >= 0.6 is 0 Å². The number of aliphatic carboxylic acids is 1. The van der Waals surface area contributed by atoms with Gasteiger partial charge in [-0.25, -0.2) is 4.39 Å². The second-order valence-corrected chi connectivity index (χ2v) is 4.33. The van der Waals surface area contributed by atoms with Gasteiger partial charge in [0.2, 0.25) is 0 Å². The summed E-state index contributed by atoms with van der Waals surface area (Å²) in [5.41, 5.74) is -0.159. The first-order valence-corrected chi connectivity index (χ1v) is 6.18. The molecule has 2 aromatic rings. The molecule has 0 radical (unpaired) electrons. The van der Waals surface area contributed by atoms with Crippen LogP contribution in [0, 0.1) is 15.9 Å². The lowest BCUT2D eigenvalue weighted by Crippen LogP contribution is -2.07. The Hall–Kier alpha value is -2.77. The van der Waals surface area contributed by atoms with Gasteiger partial charge in [-0.15, -0.1) is 0 Å². The van der Waals surface area contributed by atoms with E-state index >= 15 is 0 Å². The number of carboxylic acid groups (broad SMARTS) is 1. The van der Waals surface area contributed by atoms with Crippen molar-refractivity contribution in [3.8, 4) is 0 Å². The number of rotatable bonds is 6. The molecule has 0 saturated heterocycles. The van der Waals surface area contributed by atoms with Crippen LogP contribution in [0.15, 0.2) is 24.4 Å². The minimum atomic E-state index is -0.941. The quantitative estimate of drug-likeness (QED) is 0.481. The normalized spacial score (nSPS) is 10.5. The summed E-state index contributed by atoms with van der Waals surface area (Å²) in [5, 5.41) is 22.5. The van der Waals surface area contributed by atoms with Crippen molar-refractivity contribution in [1.82, 2.24) is 4.98 Å². The average Bonchev–Trinajstić information content (AvgIpc) is 2.44. The van der Waals surface area contributed by atoms with Crippen LogP contribution in [-0.4, -0.2) is 27.5 Å². The standard InChI is InChI=1S/C13H12FN3O4/c14-9-7-10(17(20)21)8-3-1-5-15-12(8)13(9)16-6-2-4-11(18)19/h1,3,5,7,16H,2,4,6H2,(H,18,19). The second-order valence-electron chi connectivity index (χ2n) is 4.33. The number of fused-ring (bicyclic) bond motifs is 1. The van der Waals surface area contributed by atoms with Crippen LogP contribution in [0.2, 0.25) is 0 Å². The molecule has 7 nitrogen and oxygen atoms in total. The van der Waals surface area contributed by atoms with Gasteiger partial charge in [0, 0.05) is 19.2 Å². The maximum absolute atomic E-state index is 14.0. The molecular weight excluding hydrogens is 281 g/mol. The number of nitrogens with zero attached hydrogens (tertiary/aromatic N) is 2. The van der Waals surface area contributed by atoms with Gasteiger partial charge < -0.3 is 10.4 Å². The molecule has 8 heteroatoms. The van der Waals surface area contributed by atoms with Crippen LogP contribution in [0.3, 0.4) is 0 Å². The van der Waals surface area contributed by atoms with Crippen molar-refractivity contribution in [1.29, 1.82) is 0 Å². The molecular formula is C13H12FN3O4. The number of nitrogens with one attached hydrogen (secondary N) is 1. The Kier molecular flexibility index (Phi) is 4.27. The molecule has 1 heterocycles. The molecule has 110 valence electrons. The Morgan fingerprint density at radius 3 is 2.95 bits per heavy atom. The van der Waals surface area contributed by atoms with E-state index in [2.05, 4.69) is 10.3 Å². The van der Waals surface area contributed by atoms with E-state index in [1.165, 1.54) is 18.3 Å². The number of carbonyl (C=O) groups is 1. The predicted octanol–water partition coefficient (Wildman–Crippen LogP) is 2.56. The van der Waals surface area contributed by atoms with Crippen LogP contribution in [-0.2, 0) is 4.79 Å². The SMILES string of the molecule is O=C(O)CCCNc1c(F)cc([N+](=O)[O-])c2cccnc12. The highest BCUT2D eigenvalue weighted by Crippen LogP contribution is 2.32. The summed E-state index contributed by atoms with van der Waals surface area (Å²) >= 11 is 0. The summed E-state index contributed by atoms with van der Waals surface area (Å²) in [6.07, 6.45) is 1.67. The van der Waals surface area contributed by atoms with Gasteiger partial charge in [0.05, 0.1) is 22.1 Å². The molecule has 2 N–H and O–H groups in total. The van der Waals surface area contributed by atoms with Crippen molar-refractivity contribution in [3.63, 3.8) is 0 Å². The smallest absolute Gasteiger partial charge is 0.303 e. The molecule has 0 unspecified atom stereocenters. The summed E-state index contributed by atoms with van der Waals surface area (Å²) in [6.45, 7) is 0.229. The predicted molar refractivity (Wildman–Crippen MR) is 73.7 cm³/mol. The third-order valence-electron chi connectivity index (χ3n) is 2.89. The molecule has 0 spiro atoms. The van der Waals surface area contributed by atoms with Crippen molar-refractivity contribution >= 4 is 28.2 Å². The van der Waals surface area contributed by atoms with Crippen molar-refractivity contribution < 1.29 is 19.2 Å². The van der Waals surface area contributed by atoms with Gasteiger partial charge in [0.15, 0.2) is 5.82 Å². The van der Waals surface area contributed by atoms with Crippen LogP contribution in [0.4, 0.5) is 15.8 Å². The molecule has 0 fully saturated rings. The summed E-state index contributed by atoms with van der Waals surface area (Å²) < 4.78 is 14.0. The number of non-ortho nitro benzene ring substituents is 1. The molecule has 2 rings (SSSR count). The Morgan fingerprint density at radius 1 is 1.52 bits per heavy atom. The molecule has 0 saturated carbocycles. The van der Waals surface area contributed by atoms with Crippen LogP contribution < -0.4 is 5.32 Å². The van der Waals surface area contributed by atoms with Crippen LogP contribution in [0.25, 0.3) is 10.9 Å². The fraction of sp³-hybridized carbons (Fsp3) is 0.231. The highest BCUT2D eigenvalue weighted by atomic mass is 19.1. The van der Waals surface area contributed by atoms with Crippen molar-refractivity contribution in [3.05, 3.63) is 40.3 Å². The third kappa shape index (κ3) is 3.22. The Balaban J connectivity index is 2.35. The number of hydrogen-bond acceptors (Lipinski definition) is 5.